The van der Waals surface area contributed by atoms with Crippen molar-refractivity contribution in [2.45, 2.75) is 45.1 Å². The molecule has 0 radical (unpaired) electrons. The van der Waals surface area contributed by atoms with E-state index in [-0.39, 0.29) is 18.7 Å². The molecule has 134 valence electrons. The van der Waals surface area contributed by atoms with Crippen LogP contribution < -0.4 is 5.32 Å². The predicted molar refractivity (Wildman–Crippen MR) is 96.4 cm³/mol. The third-order valence-electron chi connectivity index (χ3n) is 4.77. The first-order valence-electron chi connectivity index (χ1n) is 8.88. The maximum Gasteiger partial charge on any atom is 0.322 e. The van der Waals surface area contributed by atoms with Crippen LogP contribution in [0.4, 0.5) is 10.5 Å². The van der Waals surface area contributed by atoms with Gasteiger partial charge in [0, 0.05) is 23.8 Å². The van der Waals surface area contributed by atoms with E-state index in [1.807, 2.05) is 25.1 Å². The van der Waals surface area contributed by atoms with Gasteiger partial charge in [-0.15, -0.1) is 0 Å². The summed E-state index contributed by atoms with van der Waals surface area (Å²) in [5, 5.41) is 12.3. The van der Waals surface area contributed by atoms with Crippen molar-refractivity contribution in [3.05, 3.63) is 36.2 Å². The average molecular weight is 343 g/mol. The number of urea groups is 1. The number of carbonyl (C=O) groups is 1. The number of aliphatic hydroxyl groups excluding tert-OH is 1. The molecule has 0 unspecified atom stereocenters. The van der Waals surface area contributed by atoms with Crippen molar-refractivity contribution in [1.82, 2.24) is 9.88 Å². The number of benzene rings is 1. The molecule has 0 saturated heterocycles. The molecule has 0 bridgehead atoms. The Morgan fingerprint density at radius 2 is 2.16 bits per heavy atom. The van der Waals surface area contributed by atoms with Crippen molar-refractivity contribution in [2.24, 2.45) is 0 Å². The summed E-state index contributed by atoms with van der Waals surface area (Å²) in [4.78, 5) is 18.7. The summed E-state index contributed by atoms with van der Waals surface area (Å²) >= 11 is 0. The normalized spacial score (nSPS) is 15.1. The van der Waals surface area contributed by atoms with E-state index in [0.29, 0.717) is 18.1 Å². The van der Waals surface area contributed by atoms with Gasteiger partial charge < -0.3 is 19.7 Å². The van der Waals surface area contributed by atoms with Crippen LogP contribution in [0.2, 0.25) is 0 Å². The van der Waals surface area contributed by atoms with Crippen LogP contribution in [-0.4, -0.2) is 40.2 Å². The summed E-state index contributed by atoms with van der Waals surface area (Å²) in [6.45, 7) is 2.31. The van der Waals surface area contributed by atoms with Crippen LogP contribution in [0.3, 0.4) is 0 Å². The summed E-state index contributed by atoms with van der Waals surface area (Å²) in [5.41, 5.74) is 2.58. The highest BCUT2D eigenvalue weighted by molar-refractivity contribution is 5.90. The number of aryl methyl sites for hydroxylation is 1. The van der Waals surface area contributed by atoms with E-state index in [1.54, 1.807) is 11.1 Å². The minimum absolute atomic E-state index is 0.0284. The molecule has 1 aliphatic carbocycles. The SMILES string of the molecule is Cc1ccc(NC(=O)N(CCO)C2CCCCC2)cc1-c1ncco1. The van der Waals surface area contributed by atoms with Crippen LogP contribution in [0.1, 0.15) is 37.7 Å². The number of carbonyl (C=O) groups excluding carboxylic acids is 1. The summed E-state index contributed by atoms with van der Waals surface area (Å²) < 4.78 is 5.37. The second kappa shape index (κ2) is 8.16. The third kappa shape index (κ3) is 4.20. The molecule has 1 aliphatic rings. The molecular weight excluding hydrogens is 318 g/mol. The molecule has 25 heavy (non-hydrogen) atoms. The van der Waals surface area contributed by atoms with E-state index >= 15 is 0 Å². The van der Waals surface area contributed by atoms with Crippen LogP contribution in [0.25, 0.3) is 11.5 Å². The van der Waals surface area contributed by atoms with Gasteiger partial charge in [0.05, 0.1) is 12.8 Å². The zero-order valence-electron chi connectivity index (χ0n) is 14.6. The molecule has 2 aromatic rings. The number of anilines is 1. The van der Waals surface area contributed by atoms with Gasteiger partial charge in [0.2, 0.25) is 5.89 Å². The highest BCUT2D eigenvalue weighted by Crippen LogP contribution is 2.27. The molecule has 2 amide bonds. The maximum atomic E-state index is 12.7. The first kappa shape index (κ1) is 17.5. The van der Waals surface area contributed by atoms with Crippen molar-refractivity contribution >= 4 is 11.7 Å². The van der Waals surface area contributed by atoms with Gasteiger partial charge in [-0.25, -0.2) is 9.78 Å². The number of hydrogen-bond acceptors (Lipinski definition) is 4. The monoisotopic (exact) mass is 343 g/mol. The summed E-state index contributed by atoms with van der Waals surface area (Å²) in [5.74, 6) is 0.535. The van der Waals surface area contributed by atoms with Gasteiger partial charge in [-0.05, 0) is 37.5 Å². The smallest absolute Gasteiger partial charge is 0.322 e. The summed E-state index contributed by atoms with van der Waals surface area (Å²) in [6, 6.07) is 5.72. The van der Waals surface area contributed by atoms with E-state index in [9.17, 15) is 9.90 Å². The van der Waals surface area contributed by atoms with E-state index in [4.69, 9.17) is 4.42 Å². The largest absolute Gasteiger partial charge is 0.445 e. The first-order valence-corrected chi connectivity index (χ1v) is 8.88. The van der Waals surface area contributed by atoms with Crippen LogP contribution >= 0.6 is 0 Å². The number of aliphatic hydroxyl groups is 1. The molecule has 1 fully saturated rings. The Hall–Kier alpha value is -2.34. The Morgan fingerprint density at radius 3 is 2.84 bits per heavy atom. The number of nitrogens with zero attached hydrogens (tertiary/aromatic N) is 2. The number of amides is 2. The Morgan fingerprint density at radius 1 is 1.36 bits per heavy atom. The van der Waals surface area contributed by atoms with Gasteiger partial charge in [-0.2, -0.15) is 0 Å². The maximum absolute atomic E-state index is 12.7. The molecule has 0 aliphatic heterocycles. The number of hydrogen-bond donors (Lipinski definition) is 2. The number of rotatable bonds is 5. The molecule has 0 atom stereocenters. The Kier molecular flexibility index (Phi) is 5.71. The Labute approximate surface area is 147 Å². The van der Waals surface area contributed by atoms with Gasteiger partial charge in [0.15, 0.2) is 0 Å². The lowest BCUT2D eigenvalue weighted by molar-refractivity contribution is 0.144. The Balaban J connectivity index is 1.75. The highest BCUT2D eigenvalue weighted by atomic mass is 16.3. The highest BCUT2D eigenvalue weighted by Gasteiger charge is 2.25. The zero-order valence-corrected chi connectivity index (χ0v) is 14.6. The van der Waals surface area contributed by atoms with Gasteiger partial charge in [0.25, 0.3) is 0 Å². The minimum Gasteiger partial charge on any atom is -0.445 e. The molecular formula is C19H25N3O3. The number of aromatic nitrogens is 1. The van der Waals surface area contributed by atoms with Gasteiger partial charge >= 0.3 is 6.03 Å². The van der Waals surface area contributed by atoms with Crippen LogP contribution in [0.5, 0.6) is 0 Å². The lowest BCUT2D eigenvalue weighted by Crippen LogP contribution is -2.45. The predicted octanol–water partition coefficient (Wildman–Crippen LogP) is 3.81. The standard InChI is InChI=1S/C19H25N3O3/c1-14-7-8-15(13-17(14)18-20-9-12-25-18)21-19(24)22(10-11-23)16-5-3-2-4-6-16/h7-9,12-13,16,23H,2-6,10-11H2,1H3,(H,21,24). The zero-order chi connectivity index (χ0) is 17.6. The van der Waals surface area contributed by atoms with E-state index < -0.39 is 0 Å². The number of nitrogens with one attached hydrogen (secondary N) is 1. The first-order chi connectivity index (χ1) is 12.2. The Bertz CT molecular complexity index is 694. The third-order valence-corrected chi connectivity index (χ3v) is 4.77. The summed E-state index contributed by atoms with van der Waals surface area (Å²) in [6.07, 6.45) is 8.64. The van der Waals surface area contributed by atoms with E-state index in [0.717, 1.165) is 36.8 Å². The van der Waals surface area contributed by atoms with Crippen molar-refractivity contribution < 1.29 is 14.3 Å². The van der Waals surface area contributed by atoms with Crippen molar-refractivity contribution in [3.8, 4) is 11.5 Å². The molecule has 2 N–H and O–H groups in total. The second-order valence-electron chi connectivity index (χ2n) is 6.51. The molecule has 1 aromatic heterocycles. The topological polar surface area (TPSA) is 78.6 Å². The van der Waals surface area contributed by atoms with Gasteiger partial charge in [-0.3, -0.25) is 0 Å². The lowest BCUT2D eigenvalue weighted by atomic mass is 9.94. The van der Waals surface area contributed by atoms with Crippen LogP contribution in [-0.2, 0) is 0 Å². The van der Waals surface area contributed by atoms with E-state index in [1.165, 1.54) is 12.7 Å². The van der Waals surface area contributed by atoms with Crippen LogP contribution in [0, 0.1) is 6.92 Å². The van der Waals surface area contributed by atoms with Crippen LogP contribution in [0.15, 0.2) is 35.1 Å². The molecule has 6 nitrogen and oxygen atoms in total. The molecule has 0 spiro atoms. The molecule has 3 rings (SSSR count). The van der Waals surface area contributed by atoms with Crippen molar-refractivity contribution in [1.29, 1.82) is 0 Å². The second-order valence-corrected chi connectivity index (χ2v) is 6.51. The fourth-order valence-corrected chi connectivity index (χ4v) is 3.43. The van der Waals surface area contributed by atoms with Crippen molar-refractivity contribution in [3.63, 3.8) is 0 Å². The fourth-order valence-electron chi connectivity index (χ4n) is 3.43. The summed E-state index contributed by atoms with van der Waals surface area (Å²) in [7, 11) is 0. The molecule has 6 heteroatoms. The van der Waals surface area contributed by atoms with Gasteiger partial charge in [0.1, 0.15) is 6.26 Å². The molecule has 1 heterocycles. The lowest BCUT2D eigenvalue weighted by Gasteiger charge is -2.34. The average Bonchev–Trinajstić information content (AvgIpc) is 3.16. The molecule has 1 saturated carbocycles. The van der Waals surface area contributed by atoms with Crippen molar-refractivity contribution in [2.75, 3.05) is 18.5 Å². The quantitative estimate of drug-likeness (QED) is 0.865. The minimum atomic E-state index is -0.164. The molecule has 1 aromatic carbocycles. The number of oxazole rings is 1. The fraction of sp³-hybridized carbons (Fsp3) is 0.474. The van der Waals surface area contributed by atoms with E-state index in [2.05, 4.69) is 10.3 Å². The van der Waals surface area contributed by atoms with Gasteiger partial charge in [-0.1, -0.05) is 25.3 Å².